The highest BCUT2D eigenvalue weighted by molar-refractivity contribution is 9.10. The first-order valence-electron chi connectivity index (χ1n) is 5.61. The number of aromatic nitrogens is 2. The van der Waals surface area contributed by atoms with E-state index in [1.54, 1.807) is 0 Å². The molecule has 2 aromatic rings. The first-order chi connectivity index (χ1) is 8.20. The zero-order valence-corrected chi connectivity index (χ0v) is 11.7. The zero-order chi connectivity index (χ0) is 12.3. The summed E-state index contributed by atoms with van der Waals surface area (Å²) >= 11 is 3.44. The summed E-state index contributed by atoms with van der Waals surface area (Å²) in [6.07, 6.45) is 1.94. The molecule has 2 rings (SSSR count). The van der Waals surface area contributed by atoms with Crippen molar-refractivity contribution in [2.45, 2.75) is 20.0 Å². The Morgan fingerprint density at radius 1 is 1.29 bits per heavy atom. The highest BCUT2D eigenvalue weighted by Crippen LogP contribution is 2.13. The summed E-state index contributed by atoms with van der Waals surface area (Å²) in [5.74, 6) is 0. The Kier molecular flexibility index (Phi) is 3.97. The molecule has 3 nitrogen and oxygen atoms in total. The van der Waals surface area contributed by atoms with Gasteiger partial charge in [0.1, 0.15) is 0 Å². The van der Waals surface area contributed by atoms with Gasteiger partial charge in [0.25, 0.3) is 0 Å². The van der Waals surface area contributed by atoms with Gasteiger partial charge >= 0.3 is 0 Å². The van der Waals surface area contributed by atoms with Crippen molar-refractivity contribution in [3.63, 3.8) is 0 Å². The van der Waals surface area contributed by atoms with Crippen LogP contribution in [0.2, 0.25) is 0 Å². The van der Waals surface area contributed by atoms with Gasteiger partial charge in [0, 0.05) is 22.3 Å². The SMILES string of the molecule is CNCc1cnn(Cc2ccc(Br)cc2)c1C. The third-order valence-electron chi connectivity index (χ3n) is 2.82. The molecule has 1 aromatic carbocycles. The number of rotatable bonds is 4. The molecule has 17 heavy (non-hydrogen) atoms. The molecule has 0 bridgehead atoms. The molecule has 1 N–H and O–H groups in total. The van der Waals surface area contributed by atoms with Crippen LogP contribution in [0.3, 0.4) is 0 Å². The Bertz CT molecular complexity index is 488. The van der Waals surface area contributed by atoms with Gasteiger partial charge in [-0.15, -0.1) is 0 Å². The van der Waals surface area contributed by atoms with Crippen molar-refractivity contribution >= 4 is 15.9 Å². The van der Waals surface area contributed by atoms with Crippen LogP contribution in [0.25, 0.3) is 0 Å². The van der Waals surface area contributed by atoms with Gasteiger partial charge in [0.05, 0.1) is 12.7 Å². The standard InChI is InChI=1S/C13H16BrN3/c1-10-12(7-15-2)8-16-17(10)9-11-3-5-13(14)6-4-11/h3-6,8,15H,7,9H2,1-2H3. The molecular formula is C13H16BrN3. The lowest BCUT2D eigenvalue weighted by atomic mass is 10.2. The minimum Gasteiger partial charge on any atom is -0.316 e. The van der Waals surface area contributed by atoms with E-state index in [4.69, 9.17) is 0 Å². The molecule has 1 aromatic heterocycles. The summed E-state index contributed by atoms with van der Waals surface area (Å²) in [4.78, 5) is 0. The van der Waals surface area contributed by atoms with E-state index in [-0.39, 0.29) is 0 Å². The third-order valence-corrected chi connectivity index (χ3v) is 3.35. The molecule has 0 fully saturated rings. The predicted octanol–water partition coefficient (Wildman–Crippen LogP) is 2.72. The topological polar surface area (TPSA) is 29.9 Å². The van der Waals surface area contributed by atoms with Gasteiger partial charge in [-0.2, -0.15) is 5.10 Å². The van der Waals surface area contributed by atoms with E-state index in [1.807, 2.05) is 17.9 Å². The Hall–Kier alpha value is -1.13. The Balaban J connectivity index is 2.16. The first-order valence-corrected chi connectivity index (χ1v) is 6.40. The molecule has 0 unspecified atom stereocenters. The molecule has 90 valence electrons. The average Bonchev–Trinajstić information content (AvgIpc) is 2.65. The van der Waals surface area contributed by atoms with Crippen LogP contribution in [0.4, 0.5) is 0 Å². The van der Waals surface area contributed by atoms with Crippen LogP contribution in [0.1, 0.15) is 16.8 Å². The fourth-order valence-electron chi connectivity index (χ4n) is 1.77. The molecule has 0 spiro atoms. The second kappa shape index (κ2) is 5.47. The fourth-order valence-corrected chi connectivity index (χ4v) is 2.04. The number of halogens is 1. The quantitative estimate of drug-likeness (QED) is 0.939. The van der Waals surface area contributed by atoms with Gasteiger partial charge in [-0.25, -0.2) is 0 Å². The number of hydrogen-bond acceptors (Lipinski definition) is 2. The maximum atomic E-state index is 4.42. The molecule has 0 saturated heterocycles. The lowest BCUT2D eigenvalue weighted by Crippen LogP contribution is -2.08. The summed E-state index contributed by atoms with van der Waals surface area (Å²) in [7, 11) is 1.95. The smallest absolute Gasteiger partial charge is 0.0662 e. The second-order valence-corrected chi connectivity index (χ2v) is 4.99. The van der Waals surface area contributed by atoms with Crippen LogP contribution in [-0.2, 0) is 13.1 Å². The van der Waals surface area contributed by atoms with Crippen molar-refractivity contribution in [1.82, 2.24) is 15.1 Å². The predicted molar refractivity (Wildman–Crippen MR) is 73.0 cm³/mol. The maximum absolute atomic E-state index is 4.42. The molecule has 0 atom stereocenters. The summed E-state index contributed by atoms with van der Waals surface area (Å²) in [6.45, 7) is 3.80. The van der Waals surface area contributed by atoms with Crippen LogP contribution >= 0.6 is 15.9 Å². The minimum absolute atomic E-state index is 0.822. The van der Waals surface area contributed by atoms with E-state index < -0.39 is 0 Å². The largest absolute Gasteiger partial charge is 0.316 e. The number of benzene rings is 1. The van der Waals surface area contributed by atoms with E-state index in [2.05, 4.69) is 57.5 Å². The Morgan fingerprint density at radius 2 is 2.00 bits per heavy atom. The van der Waals surface area contributed by atoms with Gasteiger partial charge in [0.2, 0.25) is 0 Å². The van der Waals surface area contributed by atoms with Gasteiger partial charge < -0.3 is 5.32 Å². The highest BCUT2D eigenvalue weighted by atomic mass is 79.9. The van der Waals surface area contributed by atoms with Crippen molar-refractivity contribution in [3.8, 4) is 0 Å². The fraction of sp³-hybridized carbons (Fsp3) is 0.308. The molecule has 4 heteroatoms. The molecule has 0 saturated carbocycles. The molecule has 0 aliphatic rings. The first kappa shape index (κ1) is 12.3. The summed E-state index contributed by atoms with van der Waals surface area (Å²) in [6, 6.07) is 8.34. The molecule has 0 aliphatic carbocycles. The maximum Gasteiger partial charge on any atom is 0.0662 e. The molecule has 0 radical (unpaired) electrons. The van der Waals surface area contributed by atoms with Crippen LogP contribution in [0, 0.1) is 6.92 Å². The van der Waals surface area contributed by atoms with Crippen LogP contribution in [0.15, 0.2) is 34.9 Å². The van der Waals surface area contributed by atoms with Gasteiger partial charge in [0.15, 0.2) is 0 Å². The van der Waals surface area contributed by atoms with Crippen molar-refractivity contribution in [2.24, 2.45) is 0 Å². The minimum atomic E-state index is 0.822. The average molecular weight is 294 g/mol. The van der Waals surface area contributed by atoms with Crippen LogP contribution in [-0.4, -0.2) is 16.8 Å². The number of hydrogen-bond donors (Lipinski definition) is 1. The van der Waals surface area contributed by atoms with Crippen molar-refractivity contribution in [3.05, 3.63) is 51.8 Å². The van der Waals surface area contributed by atoms with Gasteiger partial charge in [-0.05, 0) is 31.7 Å². The number of nitrogens with one attached hydrogen (secondary N) is 1. The Labute approximate surface area is 110 Å². The Morgan fingerprint density at radius 3 is 2.65 bits per heavy atom. The van der Waals surface area contributed by atoms with E-state index in [0.717, 1.165) is 17.6 Å². The van der Waals surface area contributed by atoms with Gasteiger partial charge in [-0.3, -0.25) is 4.68 Å². The van der Waals surface area contributed by atoms with Crippen LogP contribution < -0.4 is 5.32 Å². The molecule has 0 aliphatic heterocycles. The van der Waals surface area contributed by atoms with E-state index in [9.17, 15) is 0 Å². The molecule has 1 heterocycles. The lowest BCUT2D eigenvalue weighted by molar-refractivity contribution is 0.661. The van der Waals surface area contributed by atoms with Crippen molar-refractivity contribution in [2.75, 3.05) is 7.05 Å². The summed E-state index contributed by atoms with van der Waals surface area (Å²) < 4.78 is 3.14. The van der Waals surface area contributed by atoms with E-state index >= 15 is 0 Å². The summed E-state index contributed by atoms with van der Waals surface area (Å²) in [5.41, 5.74) is 3.74. The third kappa shape index (κ3) is 2.96. The zero-order valence-electron chi connectivity index (χ0n) is 10.1. The molecule has 0 amide bonds. The second-order valence-electron chi connectivity index (χ2n) is 4.07. The van der Waals surface area contributed by atoms with E-state index in [1.165, 1.54) is 16.8 Å². The van der Waals surface area contributed by atoms with Crippen molar-refractivity contribution in [1.29, 1.82) is 0 Å². The highest BCUT2D eigenvalue weighted by Gasteiger charge is 2.05. The lowest BCUT2D eigenvalue weighted by Gasteiger charge is -2.06. The normalized spacial score (nSPS) is 10.8. The van der Waals surface area contributed by atoms with Gasteiger partial charge in [-0.1, -0.05) is 28.1 Å². The summed E-state index contributed by atoms with van der Waals surface area (Å²) in [5, 5.41) is 7.57. The van der Waals surface area contributed by atoms with Crippen LogP contribution in [0.5, 0.6) is 0 Å². The number of nitrogens with zero attached hydrogens (tertiary/aromatic N) is 2. The molecular weight excluding hydrogens is 278 g/mol. The van der Waals surface area contributed by atoms with Crippen molar-refractivity contribution < 1.29 is 0 Å². The monoisotopic (exact) mass is 293 g/mol. The van der Waals surface area contributed by atoms with E-state index in [0.29, 0.717) is 0 Å².